The van der Waals surface area contributed by atoms with Crippen LogP contribution in [-0.2, 0) is 11.3 Å². The number of pyridine rings is 1. The fourth-order valence-electron chi connectivity index (χ4n) is 2.69. The number of rotatable bonds is 6. The number of ether oxygens (including phenoxy) is 1. The third-order valence-electron chi connectivity index (χ3n) is 3.85. The summed E-state index contributed by atoms with van der Waals surface area (Å²) in [6.07, 6.45) is 3.64. The van der Waals surface area contributed by atoms with E-state index >= 15 is 0 Å². The van der Waals surface area contributed by atoms with E-state index in [0.29, 0.717) is 18.6 Å². The highest BCUT2D eigenvalue weighted by molar-refractivity contribution is 5.47. The minimum Gasteiger partial charge on any atom is -0.381 e. The van der Waals surface area contributed by atoms with Crippen molar-refractivity contribution in [1.82, 2.24) is 10.3 Å². The lowest BCUT2D eigenvalue weighted by molar-refractivity contribution is 0.0817. The Morgan fingerprint density at radius 3 is 2.76 bits per heavy atom. The first-order valence-corrected chi connectivity index (χ1v) is 7.73. The van der Waals surface area contributed by atoms with Crippen molar-refractivity contribution < 1.29 is 9.13 Å². The van der Waals surface area contributed by atoms with Crippen molar-refractivity contribution >= 4 is 5.82 Å². The van der Waals surface area contributed by atoms with E-state index in [-0.39, 0.29) is 5.82 Å². The highest BCUT2D eigenvalue weighted by atomic mass is 19.1. The number of methoxy groups -OCH3 is 1. The molecule has 2 heterocycles. The van der Waals surface area contributed by atoms with Crippen molar-refractivity contribution in [3.8, 4) is 0 Å². The Balaban J connectivity index is 2.04. The fourth-order valence-corrected chi connectivity index (χ4v) is 2.69. The molecule has 0 aromatic carbocycles. The lowest BCUT2D eigenvalue weighted by atomic mass is 10.1. The molecule has 1 N–H and O–H groups in total. The molecular weight excluding hydrogens is 269 g/mol. The smallest absolute Gasteiger partial charge is 0.141 e. The first-order chi connectivity index (χ1) is 10.1. The van der Waals surface area contributed by atoms with E-state index in [9.17, 15) is 4.39 Å². The summed E-state index contributed by atoms with van der Waals surface area (Å²) < 4.78 is 18.9. The molecule has 4 nitrogen and oxygen atoms in total. The SMILES string of the molecule is COC1CCN(c2ncc(F)cc2CNCC(C)C)CC1. The van der Waals surface area contributed by atoms with Gasteiger partial charge >= 0.3 is 0 Å². The summed E-state index contributed by atoms with van der Waals surface area (Å²) >= 11 is 0. The summed E-state index contributed by atoms with van der Waals surface area (Å²) in [5, 5.41) is 3.37. The van der Waals surface area contributed by atoms with Crippen LogP contribution in [0.1, 0.15) is 32.3 Å². The summed E-state index contributed by atoms with van der Waals surface area (Å²) in [6.45, 7) is 7.72. The highest BCUT2D eigenvalue weighted by Gasteiger charge is 2.21. The van der Waals surface area contributed by atoms with E-state index in [1.807, 2.05) is 0 Å². The van der Waals surface area contributed by atoms with Gasteiger partial charge in [-0.1, -0.05) is 13.8 Å². The van der Waals surface area contributed by atoms with Crippen molar-refractivity contribution in [3.05, 3.63) is 23.6 Å². The number of anilines is 1. The molecule has 21 heavy (non-hydrogen) atoms. The fraction of sp³-hybridized carbons (Fsp3) is 0.688. The van der Waals surface area contributed by atoms with Crippen LogP contribution in [0.3, 0.4) is 0 Å². The predicted molar refractivity (Wildman–Crippen MR) is 83.0 cm³/mol. The highest BCUT2D eigenvalue weighted by Crippen LogP contribution is 2.23. The predicted octanol–water partition coefficient (Wildman–Crippen LogP) is 2.58. The Morgan fingerprint density at radius 2 is 2.14 bits per heavy atom. The first kappa shape index (κ1) is 16.2. The molecule has 0 atom stereocenters. The number of piperidine rings is 1. The van der Waals surface area contributed by atoms with Gasteiger partial charge in [-0.3, -0.25) is 0 Å². The lowest BCUT2D eigenvalue weighted by Gasteiger charge is -2.33. The van der Waals surface area contributed by atoms with Crippen LogP contribution in [0.15, 0.2) is 12.3 Å². The maximum Gasteiger partial charge on any atom is 0.141 e. The van der Waals surface area contributed by atoms with Gasteiger partial charge in [0.2, 0.25) is 0 Å². The average molecular weight is 295 g/mol. The zero-order valence-electron chi connectivity index (χ0n) is 13.2. The van der Waals surface area contributed by atoms with Gasteiger partial charge in [0, 0.05) is 32.3 Å². The van der Waals surface area contributed by atoms with Gasteiger partial charge in [0.15, 0.2) is 0 Å². The largest absolute Gasteiger partial charge is 0.381 e. The molecule has 1 aliphatic heterocycles. The van der Waals surface area contributed by atoms with Crippen LogP contribution in [-0.4, -0.2) is 37.8 Å². The van der Waals surface area contributed by atoms with E-state index < -0.39 is 0 Å². The third kappa shape index (κ3) is 4.64. The summed E-state index contributed by atoms with van der Waals surface area (Å²) in [5.41, 5.74) is 0.937. The molecule has 1 aromatic heterocycles. The van der Waals surface area contributed by atoms with Gasteiger partial charge in [0.25, 0.3) is 0 Å². The zero-order chi connectivity index (χ0) is 15.2. The van der Waals surface area contributed by atoms with Crippen LogP contribution in [0, 0.1) is 11.7 Å². The van der Waals surface area contributed by atoms with E-state index in [0.717, 1.165) is 43.9 Å². The van der Waals surface area contributed by atoms with Crippen LogP contribution in [0.4, 0.5) is 10.2 Å². The van der Waals surface area contributed by atoms with Crippen LogP contribution >= 0.6 is 0 Å². The van der Waals surface area contributed by atoms with Crippen LogP contribution in [0.5, 0.6) is 0 Å². The number of nitrogens with one attached hydrogen (secondary N) is 1. The molecule has 0 radical (unpaired) electrons. The second-order valence-corrected chi connectivity index (χ2v) is 6.08. The molecule has 1 aliphatic rings. The molecule has 0 bridgehead atoms. The van der Waals surface area contributed by atoms with Crippen molar-refractivity contribution in [2.45, 2.75) is 39.3 Å². The van der Waals surface area contributed by atoms with Gasteiger partial charge < -0.3 is 15.0 Å². The van der Waals surface area contributed by atoms with Gasteiger partial charge in [-0.15, -0.1) is 0 Å². The van der Waals surface area contributed by atoms with Crippen molar-refractivity contribution in [2.75, 3.05) is 31.6 Å². The van der Waals surface area contributed by atoms with E-state index in [2.05, 4.69) is 29.0 Å². The van der Waals surface area contributed by atoms with E-state index in [4.69, 9.17) is 4.74 Å². The van der Waals surface area contributed by atoms with Gasteiger partial charge in [-0.25, -0.2) is 9.37 Å². The molecule has 0 saturated carbocycles. The lowest BCUT2D eigenvalue weighted by Crippen LogP contribution is -2.38. The second kappa shape index (κ2) is 7.71. The van der Waals surface area contributed by atoms with Gasteiger partial charge in [-0.05, 0) is 31.4 Å². The Kier molecular flexibility index (Phi) is 5.94. The van der Waals surface area contributed by atoms with Crippen molar-refractivity contribution in [3.63, 3.8) is 0 Å². The summed E-state index contributed by atoms with van der Waals surface area (Å²) in [4.78, 5) is 6.56. The maximum atomic E-state index is 13.5. The summed E-state index contributed by atoms with van der Waals surface area (Å²) in [7, 11) is 1.76. The molecule has 0 aliphatic carbocycles. The van der Waals surface area contributed by atoms with Crippen LogP contribution in [0.25, 0.3) is 0 Å². The number of halogens is 1. The Hall–Kier alpha value is -1.20. The second-order valence-electron chi connectivity index (χ2n) is 6.08. The van der Waals surface area contributed by atoms with Gasteiger partial charge in [0.1, 0.15) is 11.6 Å². The number of aromatic nitrogens is 1. The molecule has 118 valence electrons. The topological polar surface area (TPSA) is 37.4 Å². The van der Waals surface area contributed by atoms with Gasteiger partial charge in [0.05, 0.1) is 12.3 Å². The molecule has 5 heteroatoms. The minimum absolute atomic E-state index is 0.271. The standard InChI is InChI=1S/C16H26FN3O/c1-12(2)9-18-10-13-8-14(17)11-19-16(13)20-6-4-15(21-3)5-7-20/h8,11-12,15,18H,4-7,9-10H2,1-3H3. The van der Waals surface area contributed by atoms with Gasteiger partial charge in [-0.2, -0.15) is 0 Å². The third-order valence-corrected chi connectivity index (χ3v) is 3.85. The molecule has 2 rings (SSSR count). The Bertz CT molecular complexity index is 445. The maximum absolute atomic E-state index is 13.5. The molecule has 0 unspecified atom stereocenters. The number of hydrogen-bond acceptors (Lipinski definition) is 4. The zero-order valence-corrected chi connectivity index (χ0v) is 13.2. The summed E-state index contributed by atoms with van der Waals surface area (Å²) in [5.74, 6) is 1.21. The molecule has 1 aromatic rings. The monoisotopic (exact) mass is 295 g/mol. The Morgan fingerprint density at radius 1 is 1.43 bits per heavy atom. The first-order valence-electron chi connectivity index (χ1n) is 7.73. The minimum atomic E-state index is -0.271. The van der Waals surface area contributed by atoms with E-state index in [1.54, 1.807) is 13.2 Å². The molecular formula is C16H26FN3O. The van der Waals surface area contributed by atoms with Crippen molar-refractivity contribution in [2.24, 2.45) is 5.92 Å². The van der Waals surface area contributed by atoms with Crippen molar-refractivity contribution in [1.29, 1.82) is 0 Å². The van der Waals surface area contributed by atoms with Crippen LogP contribution in [0.2, 0.25) is 0 Å². The molecule has 0 amide bonds. The quantitative estimate of drug-likeness (QED) is 0.875. The molecule has 1 saturated heterocycles. The van der Waals surface area contributed by atoms with E-state index in [1.165, 1.54) is 6.20 Å². The normalized spacial score (nSPS) is 16.7. The number of hydrogen-bond donors (Lipinski definition) is 1. The Labute approximate surface area is 126 Å². The summed E-state index contributed by atoms with van der Waals surface area (Å²) in [6, 6.07) is 1.60. The number of nitrogens with zero attached hydrogens (tertiary/aromatic N) is 2. The molecule has 1 fully saturated rings. The van der Waals surface area contributed by atoms with Crippen LogP contribution < -0.4 is 10.2 Å². The average Bonchev–Trinajstić information content (AvgIpc) is 2.47. The molecule has 0 spiro atoms.